The first-order valence-electron chi connectivity index (χ1n) is 4.78. The van der Waals surface area contributed by atoms with E-state index in [4.69, 9.17) is 5.14 Å². The molecule has 1 heterocycles. The molecule has 16 heavy (non-hydrogen) atoms. The largest absolute Gasteiger partial charge is 0.313 e. The predicted octanol–water partition coefficient (Wildman–Crippen LogP) is 0.612. The third kappa shape index (κ3) is 6.16. The highest BCUT2D eigenvalue weighted by molar-refractivity contribution is 9.10. The second kappa shape index (κ2) is 6.29. The number of pyridine rings is 1. The number of sulfonamides is 1. The quantitative estimate of drug-likeness (QED) is 0.754. The zero-order chi connectivity index (χ0) is 12.0. The zero-order valence-corrected chi connectivity index (χ0v) is 11.1. The number of primary sulfonamides is 1. The summed E-state index contributed by atoms with van der Waals surface area (Å²) in [6, 6.07) is 1.96. The molecule has 0 spiro atoms. The van der Waals surface area contributed by atoms with Gasteiger partial charge in [-0.1, -0.05) is 0 Å². The first-order chi connectivity index (χ1) is 7.47. The third-order valence-electron chi connectivity index (χ3n) is 1.87. The van der Waals surface area contributed by atoms with Crippen molar-refractivity contribution in [2.45, 2.75) is 13.0 Å². The van der Waals surface area contributed by atoms with Gasteiger partial charge in [-0.05, 0) is 40.5 Å². The van der Waals surface area contributed by atoms with E-state index in [1.165, 1.54) is 0 Å². The van der Waals surface area contributed by atoms with E-state index in [0.717, 1.165) is 10.0 Å². The number of aromatic nitrogens is 1. The zero-order valence-electron chi connectivity index (χ0n) is 8.69. The first kappa shape index (κ1) is 13.6. The van der Waals surface area contributed by atoms with Gasteiger partial charge in [0.05, 0.1) is 5.75 Å². The average Bonchev–Trinajstić information content (AvgIpc) is 2.15. The van der Waals surface area contributed by atoms with Crippen LogP contribution >= 0.6 is 15.9 Å². The van der Waals surface area contributed by atoms with E-state index in [-0.39, 0.29) is 5.75 Å². The Bertz CT molecular complexity index is 436. The van der Waals surface area contributed by atoms with Crippen LogP contribution in [0.15, 0.2) is 22.9 Å². The first-order valence-corrected chi connectivity index (χ1v) is 7.29. The van der Waals surface area contributed by atoms with E-state index >= 15 is 0 Å². The molecule has 1 aromatic heterocycles. The van der Waals surface area contributed by atoms with Crippen molar-refractivity contribution in [2.75, 3.05) is 12.3 Å². The van der Waals surface area contributed by atoms with Crippen molar-refractivity contribution in [3.05, 3.63) is 28.5 Å². The lowest BCUT2D eigenvalue weighted by atomic mass is 10.3. The fraction of sp³-hybridized carbons (Fsp3) is 0.444. The van der Waals surface area contributed by atoms with E-state index in [1.54, 1.807) is 12.4 Å². The number of halogens is 1. The fourth-order valence-electron chi connectivity index (χ4n) is 1.18. The molecule has 0 bridgehead atoms. The predicted molar refractivity (Wildman–Crippen MR) is 66.2 cm³/mol. The second-order valence-corrected chi connectivity index (χ2v) is 6.06. The molecule has 0 saturated heterocycles. The average molecular weight is 308 g/mol. The molecule has 0 aromatic carbocycles. The Morgan fingerprint density at radius 1 is 1.44 bits per heavy atom. The van der Waals surface area contributed by atoms with Crippen LogP contribution in [0.25, 0.3) is 0 Å². The lowest BCUT2D eigenvalue weighted by Gasteiger charge is -2.04. The molecular weight excluding hydrogens is 294 g/mol. The summed E-state index contributed by atoms with van der Waals surface area (Å²) in [6.07, 6.45) is 3.99. The molecule has 0 saturated carbocycles. The fourth-order valence-corrected chi connectivity index (χ4v) is 2.14. The Kier molecular flexibility index (Phi) is 5.33. The molecule has 1 rings (SSSR count). The van der Waals surface area contributed by atoms with Crippen LogP contribution in [0, 0.1) is 0 Å². The van der Waals surface area contributed by atoms with Crippen LogP contribution in [0.1, 0.15) is 12.0 Å². The highest BCUT2D eigenvalue weighted by atomic mass is 79.9. The van der Waals surface area contributed by atoms with Gasteiger partial charge in [-0.3, -0.25) is 4.98 Å². The van der Waals surface area contributed by atoms with Crippen molar-refractivity contribution < 1.29 is 8.42 Å². The van der Waals surface area contributed by atoms with Crippen LogP contribution in [0.4, 0.5) is 0 Å². The standard InChI is InChI=1S/C9H14BrN3O2S/c10-9-4-8(6-13-7-9)5-12-2-1-3-16(11,14)15/h4,6-7,12H,1-3,5H2,(H2,11,14,15). The highest BCUT2D eigenvalue weighted by Gasteiger charge is 2.01. The minimum Gasteiger partial charge on any atom is -0.313 e. The molecule has 3 N–H and O–H groups in total. The lowest BCUT2D eigenvalue weighted by Crippen LogP contribution is -2.22. The maximum atomic E-state index is 10.6. The van der Waals surface area contributed by atoms with Gasteiger partial charge < -0.3 is 5.32 Å². The van der Waals surface area contributed by atoms with Gasteiger partial charge >= 0.3 is 0 Å². The van der Waals surface area contributed by atoms with Crippen LogP contribution in [-0.4, -0.2) is 25.7 Å². The normalized spacial score (nSPS) is 11.6. The smallest absolute Gasteiger partial charge is 0.209 e. The number of nitrogens with two attached hydrogens (primary N) is 1. The van der Waals surface area contributed by atoms with Gasteiger partial charge in [0.15, 0.2) is 0 Å². The molecule has 1 aromatic rings. The van der Waals surface area contributed by atoms with Crippen molar-refractivity contribution in [1.82, 2.24) is 10.3 Å². The molecule has 0 unspecified atom stereocenters. The molecule has 0 aliphatic heterocycles. The van der Waals surface area contributed by atoms with Gasteiger partial charge in [0.25, 0.3) is 0 Å². The monoisotopic (exact) mass is 307 g/mol. The van der Waals surface area contributed by atoms with Gasteiger partial charge in [-0.15, -0.1) is 0 Å². The van der Waals surface area contributed by atoms with Gasteiger partial charge in [0, 0.05) is 23.4 Å². The van der Waals surface area contributed by atoms with Gasteiger partial charge in [-0.2, -0.15) is 0 Å². The topological polar surface area (TPSA) is 85.1 Å². The number of nitrogens with zero attached hydrogens (tertiary/aromatic N) is 1. The number of hydrogen-bond acceptors (Lipinski definition) is 4. The molecule has 90 valence electrons. The Labute approximate surface area is 104 Å². The Morgan fingerprint density at radius 2 is 2.19 bits per heavy atom. The summed E-state index contributed by atoms with van der Waals surface area (Å²) in [4.78, 5) is 4.02. The number of nitrogens with one attached hydrogen (secondary N) is 1. The molecular formula is C9H14BrN3O2S. The molecule has 5 nitrogen and oxygen atoms in total. The summed E-state index contributed by atoms with van der Waals surface area (Å²) in [7, 11) is -3.34. The van der Waals surface area contributed by atoms with E-state index in [1.807, 2.05) is 6.07 Å². The van der Waals surface area contributed by atoms with Crippen molar-refractivity contribution in [3.8, 4) is 0 Å². The van der Waals surface area contributed by atoms with Crippen LogP contribution in [0.3, 0.4) is 0 Å². The van der Waals surface area contributed by atoms with Crippen LogP contribution < -0.4 is 10.5 Å². The van der Waals surface area contributed by atoms with Crippen LogP contribution in [0.5, 0.6) is 0 Å². The molecule has 0 aliphatic carbocycles. The van der Waals surface area contributed by atoms with Crippen molar-refractivity contribution in [1.29, 1.82) is 0 Å². The molecule has 0 amide bonds. The number of rotatable bonds is 6. The van der Waals surface area contributed by atoms with Gasteiger partial charge in [0.2, 0.25) is 10.0 Å². The Balaban J connectivity index is 2.21. The summed E-state index contributed by atoms with van der Waals surface area (Å²) in [5, 5.41) is 8.00. The Morgan fingerprint density at radius 3 is 2.81 bits per heavy atom. The molecule has 0 fully saturated rings. The third-order valence-corrected chi connectivity index (χ3v) is 3.16. The highest BCUT2D eigenvalue weighted by Crippen LogP contribution is 2.08. The summed E-state index contributed by atoms with van der Waals surface area (Å²) in [5.74, 6) is 0.0106. The van der Waals surface area contributed by atoms with Crippen molar-refractivity contribution in [3.63, 3.8) is 0 Å². The SMILES string of the molecule is NS(=O)(=O)CCCNCc1cncc(Br)c1. The molecule has 0 radical (unpaired) electrons. The summed E-state index contributed by atoms with van der Waals surface area (Å²) in [6.45, 7) is 1.28. The van der Waals surface area contributed by atoms with Crippen LogP contribution in [-0.2, 0) is 16.6 Å². The van der Waals surface area contributed by atoms with Crippen LogP contribution in [0.2, 0.25) is 0 Å². The maximum absolute atomic E-state index is 10.6. The van der Waals surface area contributed by atoms with Gasteiger partial charge in [-0.25, -0.2) is 13.6 Å². The van der Waals surface area contributed by atoms with Crippen molar-refractivity contribution in [2.24, 2.45) is 5.14 Å². The maximum Gasteiger partial charge on any atom is 0.209 e. The van der Waals surface area contributed by atoms with E-state index in [0.29, 0.717) is 19.5 Å². The lowest BCUT2D eigenvalue weighted by molar-refractivity contribution is 0.590. The summed E-state index contributed by atoms with van der Waals surface area (Å²) >= 11 is 3.32. The van der Waals surface area contributed by atoms with E-state index < -0.39 is 10.0 Å². The van der Waals surface area contributed by atoms with Crippen molar-refractivity contribution >= 4 is 26.0 Å². The Hall–Kier alpha value is -0.500. The van der Waals surface area contributed by atoms with E-state index in [9.17, 15) is 8.42 Å². The summed E-state index contributed by atoms with van der Waals surface area (Å²) in [5.41, 5.74) is 1.05. The molecule has 7 heteroatoms. The molecule has 0 atom stereocenters. The number of hydrogen-bond donors (Lipinski definition) is 2. The van der Waals surface area contributed by atoms with Gasteiger partial charge in [0.1, 0.15) is 0 Å². The minimum absolute atomic E-state index is 0.0106. The van der Waals surface area contributed by atoms with E-state index in [2.05, 4.69) is 26.2 Å². The molecule has 0 aliphatic rings. The minimum atomic E-state index is -3.34. The summed E-state index contributed by atoms with van der Waals surface area (Å²) < 4.78 is 22.2. The second-order valence-electron chi connectivity index (χ2n) is 3.41.